The summed E-state index contributed by atoms with van der Waals surface area (Å²) in [6, 6.07) is 21.3. The minimum absolute atomic E-state index is 0.592. The first-order chi connectivity index (χ1) is 15.8. The van der Waals surface area contributed by atoms with Crippen molar-refractivity contribution in [1.82, 2.24) is 19.9 Å². The summed E-state index contributed by atoms with van der Waals surface area (Å²) in [5, 5.41) is 5.98. The van der Waals surface area contributed by atoms with E-state index in [0.717, 1.165) is 26.9 Å². The van der Waals surface area contributed by atoms with Crippen molar-refractivity contribution >= 4 is 34.0 Å². The van der Waals surface area contributed by atoms with E-state index < -0.39 is 0 Å². The highest BCUT2D eigenvalue weighted by Gasteiger charge is 2.13. The summed E-state index contributed by atoms with van der Waals surface area (Å²) in [5.74, 6) is 1.94. The van der Waals surface area contributed by atoms with Crippen LogP contribution in [0, 0.1) is 0 Å². The van der Waals surface area contributed by atoms with Crippen molar-refractivity contribution in [2.75, 3.05) is 5.32 Å². The minimum Gasteiger partial charge on any atom is -0.453 e. The molecule has 4 aromatic heterocycles. The summed E-state index contributed by atoms with van der Waals surface area (Å²) in [7, 11) is 0. The van der Waals surface area contributed by atoms with E-state index in [9.17, 15) is 0 Å². The number of anilines is 2. The van der Waals surface area contributed by atoms with E-state index in [1.54, 1.807) is 30.4 Å². The second-order valence-corrected chi connectivity index (χ2v) is 8.60. The molecule has 0 aliphatic heterocycles. The molecule has 0 saturated carbocycles. The molecule has 0 bridgehead atoms. The molecule has 1 aromatic carbocycles. The van der Waals surface area contributed by atoms with Crippen LogP contribution in [-0.2, 0) is 0 Å². The van der Waals surface area contributed by atoms with Crippen LogP contribution in [0.1, 0.15) is 0 Å². The molecule has 0 saturated heterocycles. The van der Waals surface area contributed by atoms with Crippen LogP contribution in [0.4, 0.5) is 10.9 Å². The summed E-state index contributed by atoms with van der Waals surface area (Å²) in [5.41, 5.74) is 1.64. The summed E-state index contributed by atoms with van der Waals surface area (Å²) in [6.45, 7) is 0. The lowest BCUT2D eigenvalue weighted by Crippen LogP contribution is -1.98. The third-order valence-corrected chi connectivity index (χ3v) is 6.07. The highest BCUT2D eigenvalue weighted by Crippen LogP contribution is 2.36. The van der Waals surface area contributed by atoms with Crippen molar-refractivity contribution in [2.24, 2.45) is 0 Å². The zero-order valence-corrected chi connectivity index (χ0v) is 18.4. The van der Waals surface area contributed by atoms with Crippen LogP contribution in [0.5, 0.6) is 11.5 Å². The molecule has 0 aliphatic rings. The molecule has 1 N–H and O–H groups in total. The maximum atomic E-state index is 6.17. The first kappa shape index (κ1) is 20.2. The van der Waals surface area contributed by atoms with Crippen molar-refractivity contribution in [3.63, 3.8) is 0 Å². The van der Waals surface area contributed by atoms with Crippen LogP contribution in [0.2, 0.25) is 0 Å². The van der Waals surface area contributed by atoms with E-state index in [1.165, 1.54) is 11.3 Å². The van der Waals surface area contributed by atoms with Crippen LogP contribution in [-0.4, -0.2) is 19.9 Å². The molecule has 0 aliphatic carbocycles. The quantitative estimate of drug-likeness (QED) is 0.293. The molecule has 0 spiro atoms. The average Bonchev–Trinajstić information content (AvgIpc) is 3.31. The fraction of sp³-hybridized carbons (Fsp3) is 0. The van der Waals surface area contributed by atoms with Gasteiger partial charge in [-0.05, 0) is 36.4 Å². The predicted molar refractivity (Wildman–Crippen MR) is 128 cm³/mol. The predicted octanol–water partition coefficient (Wildman–Crippen LogP) is 6.68. The van der Waals surface area contributed by atoms with Crippen molar-refractivity contribution in [2.45, 2.75) is 9.79 Å². The Morgan fingerprint density at radius 1 is 0.812 bits per heavy atom. The Morgan fingerprint density at radius 3 is 2.47 bits per heavy atom. The molecule has 0 unspecified atom stereocenters. The van der Waals surface area contributed by atoms with Gasteiger partial charge in [0.15, 0.2) is 16.7 Å². The number of pyridine rings is 3. The van der Waals surface area contributed by atoms with E-state index in [1.807, 2.05) is 78.3 Å². The SMILES string of the molecule is c1ccc(Oc2cc(Sc3ccncc3)cnc2Nc2nc(-c3ccccn3)cs2)cc1. The monoisotopic (exact) mass is 455 g/mol. The van der Waals surface area contributed by atoms with Gasteiger partial charge in [0.2, 0.25) is 0 Å². The van der Waals surface area contributed by atoms with Gasteiger partial charge in [0.25, 0.3) is 0 Å². The van der Waals surface area contributed by atoms with Crippen molar-refractivity contribution in [1.29, 1.82) is 0 Å². The second kappa shape index (κ2) is 9.59. The highest BCUT2D eigenvalue weighted by molar-refractivity contribution is 7.99. The summed E-state index contributed by atoms with van der Waals surface area (Å²) >= 11 is 3.09. The highest BCUT2D eigenvalue weighted by atomic mass is 32.2. The Morgan fingerprint density at radius 2 is 1.66 bits per heavy atom. The normalized spacial score (nSPS) is 10.6. The number of para-hydroxylation sites is 1. The molecule has 4 heterocycles. The Bertz CT molecular complexity index is 1300. The number of hydrogen-bond acceptors (Lipinski definition) is 8. The molecular formula is C24H17N5OS2. The lowest BCUT2D eigenvalue weighted by molar-refractivity contribution is 0.481. The maximum Gasteiger partial charge on any atom is 0.189 e. The molecule has 0 radical (unpaired) electrons. The smallest absolute Gasteiger partial charge is 0.189 e. The molecule has 0 atom stereocenters. The fourth-order valence-electron chi connectivity index (χ4n) is 2.88. The average molecular weight is 456 g/mol. The van der Waals surface area contributed by atoms with Gasteiger partial charge in [0.1, 0.15) is 11.4 Å². The van der Waals surface area contributed by atoms with Gasteiger partial charge in [-0.3, -0.25) is 9.97 Å². The van der Waals surface area contributed by atoms with Gasteiger partial charge in [-0.1, -0.05) is 36.0 Å². The largest absolute Gasteiger partial charge is 0.453 e. The zero-order chi connectivity index (χ0) is 21.6. The Labute approximate surface area is 193 Å². The van der Waals surface area contributed by atoms with E-state index in [4.69, 9.17) is 4.74 Å². The molecule has 6 nitrogen and oxygen atoms in total. The lowest BCUT2D eigenvalue weighted by Gasteiger charge is -2.12. The molecule has 0 amide bonds. The molecule has 5 rings (SSSR count). The molecule has 156 valence electrons. The van der Waals surface area contributed by atoms with Gasteiger partial charge in [0, 0.05) is 46.0 Å². The number of hydrogen-bond donors (Lipinski definition) is 1. The van der Waals surface area contributed by atoms with Crippen molar-refractivity contribution in [3.8, 4) is 22.9 Å². The third-order valence-electron chi connectivity index (χ3n) is 4.34. The van der Waals surface area contributed by atoms with E-state index in [-0.39, 0.29) is 0 Å². The Balaban J connectivity index is 1.43. The maximum absolute atomic E-state index is 6.17. The molecule has 0 fully saturated rings. The van der Waals surface area contributed by atoms with Crippen molar-refractivity contribution in [3.05, 3.63) is 96.9 Å². The van der Waals surface area contributed by atoms with Crippen LogP contribution >= 0.6 is 23.1 Å². The molecular weight excluding hydrogens is 438 g/mol. The Hall–Kier alpha value is -3.75. The van der Waals surface area contributed by atoms with Gasteiger partial charge < -0.3 is 10.1 Å². The van der Waals surface area contributed by atoms with Crippen LogP contribution in [0.25, 0.3) is 11.4 Å². The number of rotatable bonds is 7. The standard InChI is InChI=1S/C24H17N5OS2/c1-2-6-17(7-3-1)30-22-14-19(32-18-9-12-25-13-10-18)15-27-23(22)29-24-28-21(16-31-24)20-8-4-5-11-26-20/h1-16H,(H,27,28,29). The third kappa shape index (κ3) is 4.93. The second-order valence-electron chi connectivity index (χ2n) is 6.60. The van der Waals surface area contributed by atoms with Gasteiger partial charge in [-0.15, -0.1) is 11.3 Å². The van der Waals surface area contributed by atoms with E-state index in [2.05, 4.69) is 25.3 Å². The van der Waals surface area contributed by atoms with Crippen LogP contribution < -0.4 is 10.1 Å². The number of nitrogens with zero attached hydrogens (tertiary/aromatic N) is 4. The summed E-state index contributed by atoms with van der Waals surface area (Å²) in [4.78, 5) is 19.7. The van der Waals surface area contributed by atoms with Gasteiger partial charge in [-0.25, -0.2) is 9.97 Å². The van der Waals surface area contributed by atoms with Gasteiger partial charge in [-0.2, -0.15) is 0 Å². The van der Waals surface area contributed by atoms with Crippen molar-refractivity contribution < 1.29 is 4.74 Å². The van der Waals surface area contributed by atoms with E-state index >= 15 is 0 Å². The topological polar surface area (TPSA) is 72.8 Å². The first-order valence-corrected chi connectivity index (χ1v) is 11.5. The van der Waals surface area contributed by atoms with Gasteiger partial charge >= 0.3 is 0 Å². The minimum atomic E-state index is 0.592. The van der Waals surface area contributed by atoms with Crippen LogP contribution in [0.15, 0.2) is 107 Å². The van der Waals surface area contributed by atoms with Crippen LogP contribution in [0.3, 0.4) is 0 Å². The van der Waals surface area contributed by atoms with Gasteiger partial charge in [0.05, 0.1) is 5.69 Å². The zero-order valence-electron chi connectivity index (χ0n) is 16.8. The summed E-state index contributed by atoms with van der Waals surface area (Å²) < 4.78 is 6.17. The summed E-state index contributed by atoms with van der Waals surface area (Å²) in [6.07, 6.45) is 7.12. The number of thiazole rings is 1. The molecule has 8 heteroatoms. The Kier molecular flexibility index (Phi) is 6.04. The number of ether oxygens (including phenoxy) is 1. The lowest BCUT2D eigenvalue weighted by atomic mass is 10.3. The molecule has 32 heavy (non-hydrogen) atoms. The number of nitrogens with one attached hydrogen (secondary N) is 1. The number of benzene rings is 1. The molecule has 5 aromatic rings. The fourth-order valence-corrected chi connectivity index (χ4v) is 4.38. The first-order valence-electron chi connectivity index (χ1n) is 9.78. The van der Waals surface area contributed by atoms with E-state index in [0.29, 0.717) is 16.7 Å². The number of aromatic nitrogens is 4.